The van der Waals surface area contributed by atoms with Crippen LogP contribution < -0.4 is 10.6 Å². The summed E-state index contributed by atoms with van der Waals surface area (Å²) in [6.07, 6.45) is 3.51. The van der Waals surface area contributed by atoms with Crippen LogP contribution in [0.5, 0.6) is 0 Å². The first-order valence-electron chi connectivity index (χ1n) is 12.1. The summed E-state index contributed by atoms with van der Waals surface area (Å²) >= 11 is 0. The van der Waals surface area contributed by atoms with E-state index in [1.54, 1.807) is 6.92 Å². The molecule has 1 heterocycles. The Labute approximate surface area is 207 Å². The summed E-state index contributed by atoms with van der Waals surface area (Å²) < 4.78 is 0. The van der Waals surface area contributed by atoms with Gasteiger partial charge in [-0.1, -0.05) is 57.2 Å². The maximum absolute atomic E-state index is 13.4. The topological polar surface area (TPSA) is 88.2 Å². The number of aromatic nitrogens is 1. The molecule has 3 aromatic rings. The molecule has 0 spiro atoms. The standard InChI is InChI=1S/C29H35N3O3/c1-7-20-11-12-22-16-30-25(15-23(22)13-20)21-9-8-10-24(14-21)29(5,6)28(35)32-26(18(2)3)27(34)31-19(4)17-33/h8-19,26H,7H2,1-6H3,(H,31,34)(H,32,35)/t19-,26?/m0/s1. The number of hydrogen-bond acceptors (Lipinski definition) is 4. The maximum Gasteiger partial charge on any atom is 0.243 e. The molecule has 3 rings (SSSR count). The van der Waals surface area contributed by atoms with E-state index >= 15 is 0 Å². The summed E-state index contributed by atoms with van der Waals surface area (Å²) in [6, 6.07) is 14.9. The van der Waals surface area contributed by atoms with E-state index in [9.17, 15) is 14.4 Å². The Hall–Kier alpha value is -3.54. The lowest BCUT2D eigenvalue weighted by Crippen LogP contribution is -2.55. The number of carbonyl (C=O) groups excluding carboxylic acids is 3. The van der Waals surface area contributed by atoms with Gasteiger partial charge in [-0.3, -0.25) is 14.6 Å². The van der Waals surface area contributed by atoms with Gasteiger partial charge in [-0.05, 0) is 61.8 Å². The van der Waals surface area contributed by atoms with Gasteiger partial charge < -0.3 is 15.4 Å². The molecule has 0 saturated heterocycles. The van der Waals surface area contributed by atoms with Crippen molar-refractivity contribution in [1.29, 1.82) is 0 Å². The first-order valence-corrected chi connectivity index (χ1v) is 12.1. The van der Waals surface area contributed by atoms with Crippen LogP contribution in [0.2, 0.25) is 0 Å². The number of rotatable bonds is 9. The molecule has 0 aliphatic carbocycles. The first kappa shape index (κ1) is 26.1. The third-order valence-electron chi connectivity index (χ3n) is 6.45. The van der Waals surface area contributed by atoms with E-state index in [1.807, 2.05) is 58.2 Å². The van der Waals surface area contributed by atoms with Crippen molar-refractivity contribution in [2.24, 2.45) is 5.92 Å². The summed E-state index contributed by atoms with van der Waals surface area (Å²) in [7, 11) is 0. The summed E-state index contributed by atoms with van der Waals surface area (Å²) in [5.41, 5.74) is 2.95. The van der Waals surface area contributed by atoms with Crippen molar-refractivity contribution in [3.63, 3.8) is 0 Å². The number of nitrogens with zero attached hydrogens (tertiary/aromatic N) is 1. The molecule has 2 amide bonds. The highest BCUT2D eigenvalue weighted by Crippen LogP contribution is 2.29. The molecule has 2 aromatic carbocycles. The summed E-state index contributed by atoms with van der Waals surface area (Å²) in [6.45, 7) is 11.1. The number of aldehydes is 1. The smallest absolute Gasteiger partial charge is 0.243 e. The average molecular weight is 474 g/mol. The van der Waals surface area contributed by atoms with E-state index < -0.39 is 17.5 Å². The van der Waals surface area contributed by atoms with Gasteiger partial charge in [0.05, 0.1) is 17.2 Å². The number of aryl methyl sites for hydroxylation is 1. The number of carbonyl (C=O) groups is 3. The van der Waals surface area contributed by atoms with Crippen LogP contribution in [0.3, 0.4) is 0 Å². The molecule has 0 fully saturated rings. The Balaban J connectivity index is 1.88. The van der Waals surface area contributed by atoms with E-state index in [0.29, 0.717) is 6.29 Å². The molecule has 0 aliphatic heterocycles. The van der Waals surface area contributed by atoms with Crippen LogP contribution >= 0.6 is 0 Å². The molecule has 1 unspecified atom stereocenters. The predicted molar refractivity (Wildman–Crippen MR) is 140 cm³/mol. The minimum atomic E-state index is -0.897. The van der Waals surface area contributed by atoms with Gasteiger partial charge >= 0.3 is 0 Å². The Morgan fingerprint density at radius 2 is 1.74 bits per heavy atom. The monoisotopic (exact) mass is 473 g/mol. The zero-order chi connectivity index (χ0) is 25.8. The molecule has 2 N–H and O–H groups in total. The molecule has 0 saturated carbocycles. The Morgan fingerprint density at radius 1 is 1.00 bits per heavy atom. The van der Waals surface area contributed by atoms with Crippen LogP contribution in [0.4, 0.5) is 0 Å². The van der Waals surface area contributed by atoms with Crippen molar-refractivity contribution >= 4 is 28.9 Å². The summed E-state index contributed by atoms with van der Waals surface area (Å²) in [4.78, 5) is 41.6. The third kappa shape index (κ3) is 5.94. The molecule has 35 heavy (non-hydrogen) atoms. The minimum absolute atomic E-state index is 0.144. The van der Waals surface area contributed by atoms with Crippen LogP contribution in [0.15, 0.2) is 54.7 Å². The molecule has 2 atom stereocenters. The maximum atomic E-state index is 13.4. The molecule has 6 nitrogen and oxygen atoms in total. The molecular formula is C29H35N3O3. The molecule has 0 bridgehead atoms. The van der Waals surface area contributed by atoms with Crippen molar-refractivity contribution in [1.82, 2.24) is 15.6 Å². The van der Waals surface area contributed by atoms with Gasteiger partial charge in [0.1, 0.15) is 12.3 Å². The van der Waals surface area contributed by atoms with Gasteiger partial charge in [-0.2, -0.15) is 0 Å². The van der Waals surface area contributed by atoms with Crippen molar-refractivity contribution in [3.05, 3.63) is 65.9 Å². The molecule has 184 valence electrons. The number of pyridine rings is 1. The largest absolute Gasteiger partial charge is 0.345 e. The lowest BCUT2D eigenvalue weighted by atomic mass is 9.82. The van der Waals surface area contributed by atoms with E-state index in [0.717, 1.165) is 34.0 Å². The van der Waals surface area contributed by atoms with Gasteiger partial charge in [0.25, 0.3) is 0 Å². The van der Waals surface area contributed by atoms with E-state index in [2.05, 4.69) is 46.8 Å². The normalized spacial score (nSPS) is 13.3. The Kier molecular flexibility index (Phi) is 8.05. The highest BCUT2D eigenvalue weighted by Gasteiger charge is 2.34. The summed E-state index contributed by atoms with van der Waals surface area (Å²) in [5, 5.41) is 7.75. The quantitative estimate of drug-likeness (QED) is 0.445. The van der Waals surface area contributed by atoms with E-state index in [4.69, 9.17) is 0 Å². The second kappa shape index (κ2) is 10.8. The highest BCUT2D eigenvalue weighted by molar-refractivity contribution is 5.94. The van der Waals surface area contributed by atoms with Gasteiger partial charge in [-0.25, -0.2) is 0 Å². The van der Waals surface area contributed by atoms with Crippen LogP contribution in [-0.4, -0.2) is 35.2 Å². The number of fused-ring (bicyclic) bond motifs is 1. The van der Waals surface area contributed by atoms with Crippen molar-refractivity contribution < 1.29 is 14.4 Å². The highest BCUT2D eigenvalue weighted by atomic mass is 16.2. The van der Waals surface area contributed by atoms with Gasteiger partial charge in [0.15, 0.2) is 0 Å². The Morgan fingerprint density at radius 3 is 2.40 bits per heavy atom. The van der Waals surface area contributed by atoms with E-state index in [1.165, 1.54) is 5.56 Å². The number of benzene rings is 2. The van der Waals surface area contributed by atoms with Crippen LogP contribution in [0.25, 0.3) is 22.0 Å². The first-order chi connectivity index (χ1) is 16.6. The van der Waals surface area contributed by atoms with Crippen molar-refractivity contribution in [3.8, 4) is 11.3 Å². The van der Waals surface area contributed by atoms with Crippen LogP contribution in [0, 0.1) is 5.92 Å². The van der Waals surface area contributed by atoms with Crippen LogP contribution in [0.1, 0.15) is 52.7 Å². The third-order valence-corrected chi connectivity index (χ3v) is 6.45. The average Bonchev–Trinajstić information content (AvgIpc) is 2.85. The molecule has 0 radical (unpaired) electrons. The summed E-state index contributed by atoms with van der Waals surface area (Å²) in [5.74, 6) is -0.777. The molecule has 0 aliphatic rings. The van der Waals surface area contributed by atoms with Crippen LogP contribution in [-0.2, 0) is 26.2 Å². The number of amides is 2. The second-order valence-corrected chi connectivity index (χ2v) is 9.94. The fourth-order valence-electron chi connectivity index (χ4n) is 3.97. The lowest BCUT2D eigenvalue weighted by Gasteiger charge is -2.29. The van der Waals surface area contributed by atoms with Gasteiger partial charge in [0, 0.05) is 17.1 Å². The van der Waals surface area contributed by atoms with Crippen molar-refractivity contribution in [2.75, 3.05) is 0 Å². The SMILES string of the molecule is CCc1ccc2cnc(-c3cccc(C(C)(C)C(=O)NC(C(=O)N[C@@H](C)C=O)C(C)C)c3)cc2c1. The lowest BCUT2D eigenvalue weighted by molar-refractivity contribution is -0.133. The fraction of sp³-hybridized carbons (Fsp3) is 0.379. The molecule has 1 aromatic heterocycles. The molecule has 6 heteroatoms. The van der Waals surface area contributed by atoms with E-state index in [-0.39, 0.29) is 17.7 Å². The zero-order valence-corrected chi connectivity index (χ0v) is 21.4. The number of nitrogens with one attached hydrogen (secondary N) is 2. The molecular weight excluding hydrogens is 438 g/mol. The number of hydrogen-bond donors (Lipinski definition) is 2. The zero-order valence-electron chi connectivity index (χ0n) is 21.4. The Bertz CT molecular complexity index is 1230. The minimum Gasteiger partial charge on any atom is -0.345 e. The van der Waals surface area contributed by atoms with Gasteiger partial charge in [-0.15, -0.1) is 0 Å². The fourth-order valence-corrected chi connectivity index (χ4v) is 3.97. The predicted octanol–water partition coefficient (Wildman–Crippen LogP) is 4.59. The van der Waals surface area contributed by atoms with Crippen molar-refractivity contribution in [2.45, 2.75) is 65.5 Å². The van der Waals surface area contributed by atoms with Gasteiger partial charge in [0.2, 0.25) is 11.8 Å². The second-order valence-electron chi connectivity index (χ2n) is 9.94.